The average Bonchev–Trinajstić information content (AvgIpc) is 2.86. The molecule has 0 aromatic heterocycles. The monoisotopic (exact) mass is 409 g/mol. The Kier molecular flexibility index (Phi) is 5.46. The molecule has 0 aliphatic carbocycles. The first-order chi connectivity index (χ1) is 12.4. The largest absolute Gasteiger partial charge is 0.503 e. The Morgan fingerprint density at radius 3 is 2.69 bits per heavy atom. The summed E-state index contributed by atoms with van der Waals surface area (Å²) in [7, 11) is 0. The van der Waals surface area contributed by atoms with Gasteiger partial charge in [0.05, 0.1) is 22.2 Å². The zero-order valence-corrected chi connectivity index (χ0v) is 15.9. The molecule has 5 nitrogen and oxygen atoms in total. The molecule has 3 rings (SSSR count). The Bertz CT molecular complexity index is 929. The Balaban J connectivity index is 1.96. The molecule has 1 N–H and O–H groups in total. The molecule has 2 aromatic carbocycles. The lowest BCUT2D eigenvalue weighted by atomic mass is 10.1. The average molecular weight is 410 g/mol. The smallest absolute Gasteiger partial charge is 0.298 e. The number of aromatic hydroxyl groups is 1. The van der Waals surface area contributed by atoms with E-state index in [0.717, 1.165) is 16.7 Å². The van der Waals surface area contributed by atoms with Crippen molar-refractivity contribution >= 4 is 57.9 Å². The molecule has 0 atom stereocenters. The van der Waals surface area contributed by atoms with Crippen molar-refractivity contribution < 1.29 is 19.4 Å². The summed E-state index contributed by atoms with van der Waals surface area (Å²) in [6.45, 7) is 2.12. The number of amides is 2. The van der Waals surface area contributed by atoms with Crippen LogP contribution in [0, 0.1) is 0 Å². The number of nitrogens with zero attached hydrogens (tertiary/aromatic N) is 1. The number of thioether (sulfide) groups is 1. The van der Waals surface area contributed by atoms with Crippen LogP contribution in [-0.2, 0) is 4.79 Å². The summed E-state index contributed by atoms with van der Waals surface area (Å²) in [6, 6.07) is 9.55. The fraction of sp³-hybridized carbons (Fsp3) is 0.111. The van der Waals surface area contributed by atoms with E-state index in [4.69, 9.17) is 27.9 Å². The van der Waals surface area contributed by atoms with E-state index in [1.165, 1.54) is 12.1 Å². The number of rotatable bonds is 4. The van der Waals surface area contributed by atoms with E-state index < -0.39 is 11.1 Å². The molecule has 134 valence electrons. The summed E-state index contributed by atoms with van der Waals surface area (Å²) in [5.74, 6) is -0.414. The van der Waals surface area contributed by atoms with Crippen molar-refractivity contribution in [3.05, 3.63) is 56.9 Å². The number of phenolic OH excluding ortho intramolecular Hbond substituents is 1. The molecular formula is C18H13Cl2NO4S. The first kappa shape index (κ1) is 18.6. The number of hydrogen-bond donors (Lipinski definition) is 1. The SMILES string of the molecule is CCOc1cc(/C=C2/SC(=O)N(c3cccc(Cl)c3)C2=O)cc(Cl)c1O. The molecule has 1 aliphatic heterocycles. The number of benzene rings is 2. The van der Waals surface area contributed by atoms with E-state index in [0.29, 0.717) is 22.9 Å². The van der Waals surface area contributed by atoms with Crippen LogP contribution >= 0.6 is 35.0 Å². The lowest BCUT2D eigenvalue weighted by Crippen LogP contribution is -2.27. The minimum absolute atomic E-state index is 0.0938. The van der Waals surface area contributed by atoms with E-state index >= 15 is 0 Å². The van der Waals surface area contributed by atoms with Gasteiger partial charge in [-0.05, 0) is 60.7 Å². The third-order valence-corrected chi connectivity index (χ3v) is 4.90. The predicted octanol–water partition coefficient (Wildman–Crippen LogP) is 5.34. The second-order valence-electron chi connectivity index (χ2n) is 5.28. The maximum atomic E-state index is 12.7. The van der Waals surface area contributed by atoms with Crippen LogP contribution in [-0.4, -0.2) is 22.9 Å². The highest BCUT2D eigenvalue weighted by Crippen LogP contribution is 2.39. The van der Waals surface area contributed by atoms with Crippen LogP contribution < -0.4 is 9.64 Å². The van der Waals surface area contributed by atoms with Gasteiger partial charge in [-0.2, -0.15) is 0 Å². The molecule has 0 saturated carbocycles. The van der Waals surface area contributed by atoms with E-state index in [2.05, 4.69) is 0 Å². The third-order valence-electron chi connectivity index (χ3n) is 3.51. The van der Waals surface area contributed by atoms with Crippen LogP contribution in [0.1, 0.15) is 12.5 Å². The van der Waals surface area contributed by atoms with Crippen molar-refractivity contribution in [1.82, 2.24) is 0 Å². The molecule has 0 bridgehead atoms. The van der Waals surface area contributed by atoms with Gasteiger partial charge in [0.2, 0.25) is 0 Å². The molecule has 2 aromatic rings. The molecule has 1 fully saturated rings. The number of anilines is 1. The highest BCUT2D eigenvalue weighted by Gasteiger charge is 2.36. The molecule has 2 amide bonds. The van der Waals surface area contributed by atoms with Crippen LogP contribution in [0.4, 0.5) is 10.5 Å². The molecule has 1 saturated heterocycles. The van der Waals surface area contributed by atoms with Crippen LogP contribution in [0.3, 0.4) is 0 Å². The van der Waals surface area contributed by atoms with Gasteiger partial charge in [-0.3, -0.25) is 9.59 Å². The van der Waals surface area contributed by atoms with Crippen LogP contribution in [0.25, 0.3) is 6.08 Å². The molecule has 0 radical (unpaired) electrons. The molecule has 26 heavy (non-hydrogen) atoms. The summed E-state index contributed by atoms with van der Waals surface area (Å²) < 4.78 is 5.33. The fourth-order valence-corrected chi connectivity index (χ4v) is 3.64. The highest BCUT2D eigenvalue weighted by molar-refractivity contribution is 8.19. The second kappa shape index (κ2) is 7.61. The topological polar surface area (TPSA) is 66.8 Å². The van der Waals surface area contributed by atoms with Crippen LogP contribution in [0.2, 0.25) is 10.0 Å². The number of phenols is 1. The lowest BCUT2D eigenvalue weighted by Gasteiger charge is -2.12. The predicted molar refractivity (Wildman–Crippen MR) is 104 cm³/mol. The lowest BCUT2D eigenvalue weighted by molar-refractivity contribution is -0.113. The van der Waals surface area contributed by atoms with E-state index in [1.807, 2.05) is 0 Å². The van der Waals surface area contributed by atoms with Gasteiger partial charge in [-0.15, -0.1) is 0 Å². The van der Waals surface area contributed by atoms with Gasteiger partial charge < -0.3 is 9.84 Å². The first-order valence-electron chi connectivity index (χ1n) is 7.59. The molecule has 8 heteroatoms. The molecule has 0 unspecified atom stereocenters. The van der Waals surface area contributed by atoms with E-state index in [-0.39, 0.29) is 21.4 Å². The highest BCUT2D eigenvalue weighted by atomic mass is 35.5. The Hall–Kier alpha value is -2.15. The zero-order chi connectivity index (χ0) is 18.8. The first-order valence-corrected chi connectivity index (χ1v) is 9.16. The van der Waals surface area contributed by atoms with Gasteiger partial charge in [-0.25, -0.2) is 4.90 Å². The molecule has 1 heterocycles. The van der Waals surface area contributed by atoms with Gasteiger partial charge in [-0.1, -0.05) is 29.3 Å². The third kappa shape index (κ3) is 3.67. The van der Waals surface area contributed by atoms with Gasteiger partial charge in [0, 0.05) is 5.02 Å². The van der Waals surface area contributed by atoms with Crippen molar-refractivity contribution in [2.24, 2.45) is 0 Å². The van der Waals surface area contributed by atoms with Crippen molar-refractivity contribution in [2.75, 3.05) is 11.5 Å². The van der Waals surface area contributed by atoms with Gasteiger partial charge in [0.25, 0.3) is 11.1 Å². The van der Waals surface area contributed by atoms with Crippen LogP contribution in [0.5, 0.6) is 11.5 Å². The second-order valence-corrected chi connectivity index (χ2v) is 7.12. The maximum absolute atomic E-state index is 12.7. The van der Waals surface area contributed by atoms with E-state index in [1.54, 1.807) is 37.3 Å². The van der Waals surface area contributed by atoms with Crippen LogP contribution in [0.15, 0.2) is 41.3 Å². The number of imide groups is 1. The summed E-state index contributed by atoms with van der Waals surface area (Å²) in [5.41, 5.74) is 0.940. The van der Waals surface area contributed by atoms with E-state index in [9.17, 15) is 14.7 Å². The Morgan fingerprint density at radius 2 is 2.00 bits per heavy atom. The molecular weight excluding hydrogens is 397 g/mol. The summed E-state index contributed by atoms with van der Waals surface area (Å²) in [4.78, 5) is 26.2. The summed E-state index contributed by atoms with van der Waals surface area (Å²) >= 11 is 12.8. The number of halogens is 2. The molecule has 1 aliphatic rings. The number of hydrogen-bond acceptors (Lipinski definition) is 5. The Morgan fingerprint density at radius 1 is 1.23 bits per heavy atom. The fourth-order valence-electron chi connectivity index (χ4n) is 2.40. The van der Waals surface area contributed by atoms with Crippen molar-refractivity contribution in [3.8, 4) is 11.5 Å². The number of ether oxygens (including phenoxy) is 1. The van der Waals surface area contributed by atoms with Gasteiger partial charge in [0.1, 0.15) is 0 Å². The van der Waals surface area contributed by atoms with Gasteiger partial charge in [0.15, 0.2) is 11.5 Å². The molecule has 0 spiro atoms. The van der Waals surface area contributed by atoms with Crippen molar-refractivity contribution in [1.29, 1.82) is 0 Å². The van der Waals surface area contributed by atoms with Crippen molar-refractivity contribution in [2.45, 2.75) is 6.92 Å². The Labute approximate surface area is 164 Å². The standard InChI is InChI=1S/C18H13Cl2NO4S/c1-2-25-14-7-10(6-13(20)16(14)22)8-15-17(23)21(18(24)26-15)12-5-3-4-11(19)9-12/h3-9,22H,2H2,1H3/b15-8+. The summed E-state index contributed by atoms with van der Waals surface area (Å²) in [6.07, 6.45) is 1.53. The normalized spacial score (nSPS) is 15.8. The number of carbonyl (C=O) groups is 2. The maximum Gasteiger partial charge on any atom is 0.298 e. The minimum Gasteiger partial charge on any atom is -0.503 e. The minimum atomic E-state index is -0.454. The summed E-state index contributed by atoms with van der Waals surface area (Å²) in [5, 5.41) is 10.0. The quantitative estimate of drug-likeness (QED) is 0.690. The zero-order valence-electron chi connectivity index (χ0n) is 13.5. The van der Waals surface area contributed by atoms with Crippen molar-refractivity contribution in [3.63, 3.8) is 0 Å². The van der Waals surface area contributed by atoms with Gasteiger partial charge >= 0.3 is 0 Å². The number of carbonyl (C=O) groups excluding carboxylic acids is 2.